The second-order valence-electron chi connectivity index (χ2n) is 8.57. The Hall–Kier alpha value is -1.40. The number of benzene rings is 1. The molecule has 27 heavy (non-hydrogen) atoms. The van der Waals surface area contributed by atoms with Crippen molar-refractivity contribution in [1.29, 1.82) is 0 Å². The van der Waals surface area contributed by atoms with Gasteiger partial charge in [0.25, 0.3) is 0 Å². The van der Waals surface area contributed by atoms with Crippen LogP contribution in [0.3, 0.4) is 0 Å². The van der Waals surface area contributed by atoms with E-state index in [0.717, 1.165) is 28.5 Å². The highest BCUT2D eigenvalue weighted by molar-refractivity contribution is 7.89. The molecule has 6 heteroatoms. The van der Waals surface area contributed by atoms with Crippen molar-refractivity contribution in [3.05, 3.63) is 28.8 Å². The molecule has 1 amide bonds. The van der Waals surface area contributed by atoms with E-state index < -0.39 is 10.0 Å². The van der Waals surface area contributed by atoms with Crippen LogP contribution in [0.15, 0.2) is 17.0 Å². The van der Waals surface area contributed by atoms with Crippen molar-refractivity contribution in [2.45, 2.75) is 70.7 Å². The van der Waals surface area contributed by atoms with Gasteiger partial charge in [-0.05, 0) is 75.8 Å². The van der Waals surface area contributed by atoms with Crippen LogP contribution in [0, 0.1) is 38.5 Å². The SMILES string of the molecule is Cc1cc(C)c(S(=O)(=O)NCCC(=O)NC(C)C2CC3CCC2C3)c(C)c1. The summed E-state index contributed by atoms with van der Waals surface area (Å²) in [6.45, 7) is 7.76. The second kappa shape index (κ2) is 7.92. The summed E-state index contributed by atoms with van der Waals surface area (Å²) in [6, 6.07) is 3.90. The van der Waals surface area contributed by atoms with Crippen LogP contribution in [0.1, 0.15) is 55.7 Å². The van der Waals surface area contributed by atoms with E-state index in [9.17, 15) is 13.2 Å². The van der Waals surface area contributed by atoms with E-state index in [0.29, 0.717) is 10.8 Å². The van der Waals surface area contributed by atoms with Crippen LogP contribution in [0.25, 0.3) is 0 Å². The number of fused-ring (bicyclic) bond motifs is 2. The number of amides is 1. The van der Waals surface area contributed by atoms with Crippen molar-refractivity contribution >= 4 is 15.9 Å². The summed E-state index contributed by atoms with van der Waals surface area (Å²) < 4.78 is 27.9. The second-order valence-corrected chi connectivity index (χ2v) is 10.3. The predicted octanol–water partition coefficient (Wildman–Crippen LogP) is 3.22. The normalized spacial score (nSPS) is 25.6. The number of hydrogen-bond donors (Lipinski definition) is 2. The Kier molecular flexibility index (Phi) is 5.96. The molecule has 0 spiro atoms. The molecule has 0 saturated heterocycles. The Morgan fingerprint density at radius 2 is 1.81 bits per heavy atom. The number of aryl methyl sites for hydroxylation is 3. The van der Waals surface area contributed by atoms with Crippen molar-refractivity contribution < 1.29 is 13.2 Å². The molecule has 1 aromatic carbocycles. The average molecular weight is 393 g/mol. The first-order valence-electron chi connectivity index (χ1n) is 10.0. The molecule has 5 nitrogen and oxygen atoms in total. The zero-order valence-electron chi connectivity index (χ0n) is 16.8. The molecular formula is C21H32N2O3S. The topological polar surface area (TPSA) is 75.3 Å². The van der Waals surface area contributed by atoms with Crippen LogP contribution in [-0.4, -0.2) is 26.9 Å². The van der Waals surface area contributed by atoms with Gasteiger partial charge in [-0.25, -0.2) is 13.1 Å². The minimum absolute atomic E-state index is 0.0784. The maximum Gasteiger partial charge on any atom is 0.241 e. The molecule has 4 unspecified atom stereocenters. The van der Waals surface area contributed by atoms with E-state index in [1.807, 2.05) is 19.1 Å². The van der Waals surface area contributed by atoms with Gasteiger partial charge in [-0.2, -0.15) is 0 Å². The summed E-state index contributed by atoms with van der Waals surface area (Å²) in [7, 11) is -3.62. The number of nitrogens with one attached hydrogen (secondary N) is 2. The third-order valence-electron chi connectivity index (χ3n) is 6.34. The first-order chi connectivity index (χ1) is 12.7. The maximum absolute atomic E-state index is 12.6. The van der Waals surface area contributed by atoms with Gasteiger partial charge < -0.3 is 5.32 Å². The quantitative estimate of drug-likeness (QED) is 0.748. The van der Waals surface area contributed by atoms with Gasteiger partial charge in [0.2, 0.25) is 15.9 Å². The number of hydrogen-bond acceptors (Lipinski definition) is 3. The van der Waals surface area contributed by atoms with Crippen molar-refractivity contribution in [1.82, 2.24) is 10.0 Å². The third kappa shape index (κ3) is 4.54. The summed E-state index contributed by atoms with van der Waals surface area (Å²) in [5.74, 6) is 2.12. The summed E-state index contributed by atoms with van der Waals surface area (Å²) >= 11 is 0. The van der Waals surface area contributed by atoms with E-state index in [2.05, 4.69) is 17.0 Å². The number of carbonyl (C=O) groups is 1. The summed E-state index contributed by atoms with van der Waals surface area (Å²) in [4.78, 5) is 12.6. The van der Waals surface area contributed by atoms with E-state index >= 15 is 0 Å². The molecule has 2 saturated carbocycles. The lowest BCUT2D eigenvalue weighted by Gasteiger charge is -2.28. The van der Waals surface area contributed by atoms with Crippen LogP contribution in [-0.2, 0) is 14.8 Å². The van der Waals surface area contributed by atoms with Crippen molar-refractivity contribution in [3.8, 4) is 0 Å². The molecule has 2 aliphatic carbocycles. The fourth-order valence-electron chi connectivity index (χ4n) is 5.30. The predicted molar refractivity (Wildman–Crippen MR) is 107 cm³/mol. The van der Waals surface area contributed by atoms with Gasteiger partial charge in [0.15, 0.2) is 0 Å². The van der Waals surface area contributed by atoms with Crippen LogP contribution >= 0.6 is 0 Å². The molecule has 0 heterocycles. The van der Waals surface area contributed by atoms with E-state index in [1.54, 1.807) is 13.8 Å². The third-order valence-corrected chi connectivity index (χ3v) is 8.11. The van der Waals surface area contributed by atoms with Gasteiger partial charge in [-0.1, -0.05) is 24.1 Å². The van der Waals surface area contributed by atoms with E-state index in [4.69, 9.17) is 0 Å². The molecule has 3 rings (SSSR count). The lowest BCUT2D eigenvalue weighted by atomic mass is 9.84. The molecule has 0 radical (unpaired) electrons. The lowest BCUT2D eigenvalue weighted by Crippen LogP contribution is -2.41. The van der Waals surface area contributed by atoms with E-state index in [-0.39, 0.29) is 24.9 Å². The molecule has 0 aliphatic heterocycles. The highest BCUT2D eigenvalue weighted by Gasteiger charge is 2.42. The van der Waals surface area contributed by atoms with Crippen LogP contribution in [0.5, 0.6) is 0 Å². The molecule has 4 atom stereocenters. The Morgan fingerprint density at radius 3 is 2.37 bits per heavy atom. The van der Waals surface area contributed by atoms with Crippen molar-refractivity contribution in [3.63, 3.8) is 0 Å². The molecule has 2 N–H and O–H groups in total. The Balaban J connectivity index is 1.51. The summed E-state index contributed by atoms with van der Waals surface area (Å²) in [6.07, 6.45) is 5.35. The smallest absolute Gasteiger partial charge is 0.241 e. The summed E-state index contributed by atoms with van der Waals surface area (Å²) in [5, 5.41) is 3.09. The Morgan fingerprint density at radius 1 is 1.15 bits per heavy atom. The van der Waals surface area contributed by atoms with Gasteiger partial charge in [-0.3, -0.25) is 4.79 Å². The Bertz CT molecular complexity index is 796. The van der Waals surface area contributed by atoms with Crippen LogP contribution in [0.4, 0.5) is 0 Å². The number of carbonyl (C=O) groups excluding carboxylic acids is 1. The Labute approximate surface area is 163 Å². The number of sulfonamides is 1. The number of rotatable bonds is 7. The average Bonchev–Trinajstić information content (AvgIpc) is 3.16. The molecular weight excluding hydrogens is 360 g/mol. The van der Waals surface area contributed by atoms with Crippen molar-refractivity contribution in [2.24, 2.45) is 17.8 Å². The molecule has 1 aromatic rings. The lowest BCUT2D eigenvalue weighted by molar-refractivity contribution is -0.122. The van der Waals surface area contributed by atoms with Gasteiger partial charge in [-0.15, -0.1) is 0 Å². The standard InChI is InChI=1S/C21H32N2O3S/c1-13-9-14(2)21(15(3)10-13)27(25,26)22-8-7-20(24)23-16(4)19-12-17-5-6-18(19)11-17/h9-10,16-19,22H,5-8,11-12H2,1-4H3,(H,23,24). The van der Waals surface area contributed by atoms with Gasteiger partial charge in [0, 0.05) is 19.0 Å². The van der Waals surface area contributed by atoms with Gasteiger partial charge in [0.1, 0.15) is 0 Å². The fourth-order valence-corrected chi connectivity index (χ4v) is 6.78. The van der Waals surface area contributed by atoms with Gasteiger partial charge in [0.05, 0.1) is 4.90 Å². The minimum atomic E-state index is -3.62. The molecule has 150 valence electrons. The zero-order chi connectivity index (χ0) is 19.8. The minimum Gasteiger partial charge on any atom is -0.353 e. The summed E-state index contributed by atoms with van der Waals surface area (Å²) in [5.41, 5.74) is 2.50. The van der Waals surface area contributed by atoms with Crippen LogP contribution < -0.4 is 10.0 Å². The first kappa shape index (κ1) is 20.3. The van der Waals surface area contributed by atoms with Crippen molar-refractivity contribution in [2.75, 3.05) is 6.54 Å². The molecule has 2 bridgehead atoms. The molecule has 0 aromatic heterocycles. The molecule has 2 fully saturated rings. The zero-order valence-corrected chi connectivity index (χ0v) is 17.7. The van der Waals surface area contributed by atoms with Gasteiger partial charge >= 0.3 is 0 Å². The largest absolute Gasteiger partial charge is 0.353 e. The maximum atomic E-state index is 12.6. The highest BCUT2D eigenvalue weighted by Crippen LogP contribution is 2.49. The monoisotopic (exact) mass is 392 g/mol. The first-order valence-corrected chi connectivity index (χ1v) is 11.5. The fraction of sp³-hybridized carbons (Fsp3) is 0.667. The van der Waals surface area contributed by atoms with Crippen LogP contribution in [0.2, 0.25) is 0 Å². The highest BCUT2D eigenvalue weighted by atomic mass is 32.2. The molecule has 2 aliphatic rings. The van der Waals surface area contributed by atoms with E-state index in [1.165, 1.54) is 25.7 Å².